The molecule has 3 aromatic rings. The van der Waals surface area contributed by atoms with Crippen molar-refractivity contribution in [2.75, 3.05) is 13.1 Å². The van der Waals surface area contributed by atoms with Crippen molar-refractivity contribution in [3.63, 3.8) is 0 Å². The largest absolute Gasteiger partial charge is 0.350 e. The van der Waals surface area contributed by atoms with Crippen LogP contribution in [-0.2, 0) is 22.7 Å². The van der Waals surface area contributed by atoms with Crippen LogP contribution in [0.2, 0.25) is 5.02 Å². The Morgan fingerprint density at radius 3 is 2.73 bits per heavy atom. The summed E-state index contributed by atoms with van der Waals surface area (Å²) < 4.78 is 15.4. The monoisotopic (exact) mass is 430 g/mol. The van der Waals surface area contributed by atoms with Crippen LogP contribution in [0.15, 0.2) is 42.5 Å². The summed E-state index contributed by atoms with van der Waals surface area (Å²) in [7, 11) is 0. The second kappa shape index (κ2) is 9.49. The third kappa shape index (κ3) is 4.65. The van der Waals surface area contributed by atoms with Crippen molar-refractivity contribution in [1.29, 1.82) is 0 Å². The first-order chi connectivity index (χ1) is 14.4. The number of benzene rings is 2. The lowest BCUT2D eigenvalue weighted by molar-refractivity contribution is -0.136. The van der Waals surface area contributed by atoms with Crippen LogP contribution in [-0.4, -0.2) is 45.9 Å². The maximum absolute atomic E-state index is 13.9. The number of aldehydes is 1. The Hall–Kier alpha value is -3.26. The molecule has 0 aliphatic heterocycles. The standard InChI is InChI=1S/C21H20ClFN4O3/c1-2-26(11-19(29)24-10-14-6-5-8-16(22)21(14)23)20(30)12-27-18-9-4-3-7-15(18)17(13-28)25-27/h3-9,13H,2,10-12H2,1H3,(H,24,29). The van der Waals surface area contributed by atoms with E-state index >= 15 is 0 Å². The molecular weight excluding hydrogens is 411 g/mol. The van der Waals surface area contributed by atoms with E-state index in [9.17, 15) is 18.8 Å². The normalized spacial score (nSPS) is 10.8. The number of rotatable bonds is 8. The van der Waals surface area contributed by atoms with Gasteiger partial charge in [-0.1, -0.05) is 41.9 Å². The summed E-state index contributed by atoms with van der Waals surface area (Å²) in [6.45, 7) is 1.72. The van der Waals surface area contributed by atoms with Gasteiger partial charge < -0.3 is 10.2 Å². The zero-order valence-electron chi connectivity index (χ0n) is 16.3. The summed E-state index contributed by atoms with van der Waals surface area (Å²) in [5, 5.41) is 7.41. The fraction of sp³-hybridized carbons (Fsp3) is 0.238. The highest BCUT2D eigenvalue weighted by Crippen LogP contribution is 2.18. The third-order valence-corrected chi connectivity index (χ3v) is 4.95. The number of amides is 2. The van der Waals surface area contributed by atoms with Crippen molar-refractivity contribution < 1.29 is 18.8 Å². The third-order valence-electron chi connectivity index (χ3n) is 4.66. The summed E-state index contributed by atoms with van der Waals surface area (Å²) in [6, 6.07) is 11.6. The van der Waals surface area contributed by atoms with E-state index in [-0.39, 0.29) is 41.8 Å². The molecule has 0 aliphatic carbocycles. The number of hydrogen-bond acceptors (Lipinski definition) is 4. The number of likely N-dealkylation sites (N-methyl/N-ethyl adjacent to an activating group) is 1. The molecule has 0 saturated carbocycles. The molecule has 0 fully saturated rings. The quantitative estimate of drug-likeness (QED) is 0.557. The first kappa shape index (κ1) is 21.4. The minimum Gasteiger partial charge on any atom is -0.350 e. The maximum Gasteiger partial charge on any atom is 0.244 e. The lowest BCUT2D eigenvalue weighted by Gasteiger charge is -2.20. The Morgan fingerprint density at radius 2 is 2.00 bits per heavy atom. The minimum absolute atomic E-state index is 0.0201. The van der Waals surface area contributed by atoms with Gasteiger partial charge in [-0.2, -0.15) is 5.10 Å². The van der Waals surface area contributed by atoms with Gasteiger partial charge in [0.25, 0.3) is 0 Å². The van der Waals surface area contributed by atoms with Crippen molar-refractivity contribution in [2.45, 2.75) is 20.0 Å². The van der Waals surface area contributed by atoms with Crippen LogP contribution in [0.5, 0.6) is 0 Å². The van der Waals surface area contributed by atoms with Gasteiger partial charge in [0.15, 0.2) is 6.29 Å². The molecule has 0 bridgehead atoms. The SMILES string of the molecule is CCN(CC(=O)NCc1cccc(Cl)c1F)C(=O)Cn1nc(C=O)c2ccccc21. The highest BCUT2D eigenvalue weighted by molar-refractivity contribution is 6.30. The number of hydrogen-bond donors (Lipinski definition) is 1. The van der Waals surface area contributed by atoms with Gasteiger partial charge in [-0.05, 0) is 19.1 Å². The van der Waals surface area contributed by atoms with Crippen molar-refractivity contribution in [3.05, 3.63) is 64.6 Å². The summed E-state index contributed by atoms with van der Waals surface area (Å²) in [6.07, 6.45) is 0.642. The van der Waals surface area contributed by atoms with Gasteiger partial charge in [-0.15, -0.1) is 0 Å². The van der Waals surface area contributed by atoms with E-state index in [2.05, 4.69) is 10.4 Å². The summed E-state index contributed by atoms with van der Waals surface area (Å²) in [5.74, 6) is -1.34. The van der Waals surface area contributed by atoms with Crippen molar-refractivity contribution in [2.24, 2.45) is 0 Å². The molecule has 2 amide bonds. The molecule has 0 spiro atoms. The summed E-state index contributed by atoms with van der Waals surface area (Å²) in [4.78, 5) is 37.6. The van der Waals surface area contributed by atoms with Gasteiger partial charge in [0.2, 0.25) is 11.8 Å². The Kier molecular flexibility index (Phi) is 6.79. The molecule has 1 N–H and O–H groups in total. The van der Waals surface area contributed by atoms with Crippen LogP contribution >= 0.6 is 11.6 Å². The first-order valence-corrected chi connectivity index (χ1v) is 9.70. The zero-order chi connectivity index (χ0) is 21.7. The lowest BCUT2D eigenvalue weighted by atomic mass is 10.2. The van der Waals surface area contributed by atoms with Crippen LogP contribution < -0.4 is 5.32 Å². The van der Waals surface area contributed by atoms with Gasteiger partial charge in [-0.3, -0.25) is 19.1 Å². The van der Waals surface area contributed by atoms with E-state index < -0.39 is 11.7 Å². The zero-order valence-corrected chi connectivity index (χ0v) is 17.0. The van der Waals surface area contributed by atoms with Gasteiger partial charge in [-0.25, -0.2) is 4.39 Å². The van der Waals surface area contributed by atoms with Crippen LogP contribution in [0.25, 0.3) is 10.9 Å². The average Bonchev–Trinajstić information content (AvgIpc) is 3.10. The van der Waals surface area contributed by atoms with E-state index in [0.717, 1.165) is 0 Å². The molecule has 30 heavy (non-hydrogen) atoms. The molecule has 0 aliphatic rings. The van der Waals surface area contributed by atoms with E-state index in [4.69, 9.17) is 11.6 Å². The number of halogens is 2. The van der Waals surface area contributed by atoms with Crippen LogP contribution in [0.4, 0.5) is 4.39 Å². The molecule has 1 heterocycles. The predicted molar refractivity (Wildman–Crippen MR) is 111 cm³/mol. The topological polar surface area (TPSA) is 84.3 Å². The van der Waals surface area contributed by atoms with E-state index in [1.165, 1.54) is 21.7 Å². The van der Waals surface area contributed by atoms with Crippen molar-refractivity contribution >= 4 is 40.6 Å². The van der Waals surface area contributed by atoms with Crippen LogP contribution in [0, 0.1) is 5.82 Å². The fourth-order valence-corrected chi connectivity index (χ4v) is 3.27. The molecule has 0 atom stereocenters. The van der Waals surface area contributed by atoms with Gasteiger partial charge in [0, 0.05) is 24.0 Å². The number of fused-ring (bicyclic) bond motifs is 1. The average molecular weight is 431 g/mol. The smallest absolute Gasteiger partial charge is 0.244 e. The van der Waals surface area contributed by atoms with E-state index in [1.807, 2.05) is 0 Å². The van der Waals surface area contributed by atoms with Crippen molar-refractivity contribution in [3.8, 4) is 0 Å². The van der Waals surface area contributed by atoms with E-state index in [0.29, 0.717) is 23.7 Å². The second-order valence-corrected chi connectivity index (χ2v) is 6.98. The highest BCUT2D eigenvalue weighted by atomic mass is 35.5. The number of para-hydroxylation sites is 1. The highest BCUT2D eigenvalue weighted by Gasteiger charge is 2.19. The number of carbonyl (C=O) groups is 3. The van der Waals surface area contributed by atoms with Gasteiger partial charge in [0.05, 0.1) is 17.1 Å². The van der Waals surface area contributed by atoms with Gasteiger partial charge >= 0.3 is 0 Å². The number of aromatic nitrogens is 2. The molecule has 0 saturated heterocycles. The van der Waals surface area contributed by atoms with Gasteiger partial charge in [0.1, 0.15) is 18.1 Å². The summed E-state index contributed by atoms with van der Waals surface area (Å²) >= 11 is 5.74. The Morgan fingerprint density at radius 1 is 1.23 bits per heavy atom. The molecule has 3 rings (SSSR count). The second-order valence-electron chi connectivity index (χ2n) is 6.58. The predicted octanol–water partition coefficient (Wildman–Crippen LogP) is 2.81. The number of nitrogens with zero attached hydrogens (tertiary/aromatic N) is 3. The lowest BCUT2D eigenvalue weighted by Crippen LogP contribution is -2.42. The molecular formula is C21H20ClFN4O3. The molecule has 1 aromatic heterocycles. The molecule has 156 valence electrons. The Labute approximate surface area is 177 Å². The molecule has 9 heteroatoms. The Balaban J connectivity index is 1.64. The number of nitrogens with one attached hydrogen (secondary N) is 1. The fourth-order valence-electron chi connectivity index (χ4n) is 3.07. The number of carbonyl (C=O) groups excluding carboxylic acids is 3. The minimum atomic E-state index is -0.584. The summed E-state index contributed by atoms with van der Waals surface area (Å²) in [5.41, 5.74) is 1.17. The van der Waals surface area contributed by atoms with E-state index in [1.54, 1.807) is 37.3 Å². The molecule has 0 unspecified atom stereocenters. The molecule has 0 radical (unpaired) electrons. The molecule has 7 nitrogen and oxygen atoms in total. The van der Waals surface area contributed by atoms with Crippen LogP contribution in [0.3, 0.4) is 0 Å². The first-order valence-electron chi connectivity index (χ1n) is 9.32. The van der Waals surface area contributed by atoms with Crippen molar-refractivity contribution in [1.82, 2.24) is 20.0 Å². The maximum atomic E-state index is 13.9. The molecule has 2 aromatic carbocycles. The van der Waals surface area contributed by atoms with Crippen LogP contribution in [0.1, 0.15) is 23.0 Å². The Bertz CT molecular complexity index is 1100.